The van der Waals surface area contributed by atoms with E-state index in [1.54, 1.807) is 0 Å². The van der Waals surface area contributed by atoms with Gasteiger partial charge < -0.3 is 0 Å². The quantitative estimate of drug-likeness (QED) is 0.501. The molecule has 3 heteroatoms. The number of carbonyl (C=O) groups excluding carboxylic acids is 1. The lowest BCUT2D eigenvalue weighted by Crippen LogP contribution is -2.03. The first-order valence-electron chi connectivity index (χ1n) is 4.04. The number of carbonyl (C=O) groups is 1. The highest BCUT2D eigenvalue weighted by molar-refractivity contribution is 9.09. The summed E-state index contributed by atoms with van der Waals surface area (Å²) in [5, 5.41) is 0.702. The fourth-order valence-electron chi connectivity index (χ4n) is 1.23. The maximum Gasteiger partial charge on any atom is 0.165 e. The van der Waals surface area contributed by atoms with Crippen molar-refractivity contribution in [1.29, 1.82) is 0 Å². The van der Waals surface area contributed by atoms with Crippen LogP contribution in [0.5, 0.6) is 0 Å². The molecule has 70 valence electrons. The largest absolute Gasteiger partial charge is 0.294 e. The Balaban J connectivity index is 3.05. The Morgan fingerprint density at radius 2 is 2.23 bits per heavy atom. The molecule has 0 spiro atoms. The molecule has 0 radical (unpaired) electrons. The van der Waals surface area contributed by atoms with Crippen LogP contribution in [-0.4, -0.2) is 11.1 Å². The molecule has 0 fully saturated rings. The second-order valence-electron chi connectivity index (χ2n) is 2.83. The van der Waals surface area contributed by atoms with Gasteiger partial charge >= 0.3 is 0 Å². The predicted octanol–water partition coefficient (Wildman–Crippen LogP) is 3.25. The molecule has 0 amide bonds. The van der Waals surface area contributed by atoms with Gasteiger partial charge in [0.2, 0.25) is 0 Å². The van der Waals surface area contributed by atoms with Crippen LogP contribution in [0, 0.1) is 6.92 Å². The first kappa shape index (κ1) is 10.8. The third-order valence-corrected chi connectivity index (χ3v) is 2.62. The van der Waals surface area contributed by atoms with Crippen LogP contribution in [0.2, 0.25) is 0 Å². The molecule has 0 heterocycles. The molecule has 13 heavy (non-hydrogen) atoms. The molecule has 1 aromatic rings. The van der Waals surface area contributed by atoms with Gasteiger partial charge in [-0.1, -0.05) is 28.1 Å². The van der Waals surface area contributed by atoms with Crippen molar-refractivity contribution in [3.05, 3.63) is 29.3 Å². The summed E-state index contributed by atoms with van der Waals surface area (Å²) in [6.45, 7) is 1.93. The van der Waals surface area contributed by atoms with Crippen molar-refractivity contribution < 1.29 is 4.79 Å². The Hall–Kier alpha value is -0.280. The molecule has 0 saturated carbocycles. The van der Waals surface area contributed by atoms with E-state index >= 15 is 0 Å². The maximum absolute atomic E-state index is 11.6. The monoisotopic (exact) mass is 258 g/mol. The molecule has 0 aliphatic carbocycles. The SMILES string of the molecule is Cc1cccc(S)c1C(=O)CCBr. The smallest absolute Gasteiger partial charge is 0.165 e. The summed E-state index contributed by atoms with van der Waals surface area (Å²) in [6, 6.07) is 5.68. The first-order valence-corrected chi connectivity index (χ1v) is 5.61. The number of halogens is 1. The van der Waals surface area contributed by atoms with Gasteiger partial charge in [-0.15, -0.1) is 12.6 Å². The molecule has 0 aliphatic rings. The van der Waals surface area contributed by atoms with Gasteiger partial charge in [0.25, 0.3) is 0 Å². The van der Waals surface area contributed by atoms with E-state index in [-0.39, 0.29) is 5.78 Å². The third-order valence-electron chi connectivity index (χ3n) is 1.85. The Morgan fingerprint density at radius 3 is 2.77 bits per heavy atom. The van der Waals surface area contributed by atoms with Crippen molar-refractivity contribution in [1.82, 2.24) is 0 Å². The van der Waals surface area contributed by atoms with Crippen LogP contribution in [0.4, 0.5) is 0 Å². The van der Waals surface area contributed by atoms with Crippen LogP contribution in [0.3, 0.4) is 0 Å². The molecule has 1 rings (SSSR count). The third kappa shape index (κ3) is 2.58. The second kappa shape index (κ2) is 4.82. The normalized spacial score (nSPS) is 10.1. The summed E-state index contributed by atoms with van der Waals surface area (Å²) < 4.78 is 0. The van der Waals surface area contributed by atoms with E-state index in [0.717, 1.165) is 16.0 Å². The topological polar surface area (TPSA) is 17.1 Å². The zero-order valence-corrected chi connectivity index (χ0v) is 9.86. The molecule has 0 saturated heterocycles. The van der Waals surface area contributed by atoms with Gasteiger partial charge in [0, 0.05) is 22.2 Å². The van der Waals surface area contributed by atoms with Crippen molar-refractivity contribution >= 4 is 34.3 Å². The van der Waals surface area contributed by atoms with Gasteiger partial charge in [0.15, 0.2) is 5.78 Å². The predicted molar refractivity (Wildman–Crippen MR) is 61.2 cm³/mol. The molecule has 0 aromatic heterocycles. The van der Waals surface area contributed by atoms with E-state index in [1.165, 1.54) is 0 Å². The summed E-state index contributed by atoms with van der Waals surface area (Å²) in [7, 11) is 0. The molecular formula is C10H11BrOS. The first-order chi connectivity index (χ1) is 6.16. The average molecular weight is 259 g/mol. The fraction of sp³-hybridized carbons (Fsp3) is 0.300. The molecule has 1 aromatic carbocycles. The molecule has 0 unspecified atom stereocenters. The van der Waals surface area contributed by atoms with Crippen molar-refractivity contribution in [2.24, 2.45) is 0 Å². The molecule has 0 atom stereocenters. The van der Waals surface area contributed by atoms with E-state index in [2.05, 4.69) is 28.6 Å². The summed E-state index contributed by atoms with van der Waals surface area (Å²) in [4.78, 5) is 12.4. The number of thiol groups is 1. The molecule has 0 N–H and O–H groups in total. The van der Waals surface area contributed by atoms with Crippen LogP contribution in [-0.2, 0) is 0 Å². The van der Waals surface area contributed by atoms with Crippen molar-refractivity contribution in [2.45, 2.75) is 18.2 Å². The maximum atomic E-state index is 11.6. The number of ketones is 1. The standard InChI is InChI=1S/C10H11BrOS/c1-7-3-2-4-9(13)10(7)8(12)5-6-11/h2-4,13H,5-6H2,1H3. The van der Waals surface area contributed by atoms with Crippen LogP contribution in [0.1, 0.15) is 22.3 Å². The Labute approximate surface area is 92.1 Å². The second-order valence-corrected chi connectivity index (χ2v) is 4.11. The van der Waals surface area contributed by atoms with E-state index < -0.39 is 0 Å². The van der Waals surface area contributed by atoms with Gasteiger partial charge in [-0.05, 0) is 18.6 Å². The zero-order valence-electron chi connectivity index (χ0n) is 7.38. The van der Waals surface area contributed by atoms with Crippen LogP contribution >= 0.6 is 28.6 Å². The minimum atomic E-state index is 0.153. The molecular weight excluding hydrogens is 248 g/mol. The van der Waals surface area contributed by atoms with E-state index in [0.29, 0.717) is 11.8 Å². The lowest BCUT2D eigenvalue weighted by Gasteiger charge is -2.06. The molecule has 1 nitrogen and oxygen atoms in total. The highest BCUT2D eigenvalue weighted by Crippen LogP contribution is 2.19. The fourth-order valence-corrected chi connectivity index (χ4v) is 1.97. The van der Waals surface area contributed by atoms with Crippen molar-refractivity contribution in [2.75, 3.05) is 5.33 Å². The highest BCUT2D eigenvalue weighted by atomic mass is 79.9. The Morgan fingerprint density at radius 1 is 1.54 bits per heavy atom. The Kier molecular flexibility index (Phi) is 4.00. The number of alkyl halides is 1. The lowest BCUT2D eigenvalue weighted by molar-refractivity contribution is 0.0986. The number of hydrogen-bond acceptors (Lipinski definition) is 2. The van der Waals surface area contributed by atoms with Crippen LogP contribution < -0.4 is 0 Å². The summed E-state index contributed by atoms with van der Waals surface area (Å²) in [6.07, 6.45) is 0.526. The van der Waals surface area contributed by atoms with Crippen molar-refractivity contribution in [3.8, 4) is 0 Å². The zero-order chi connectivity index (χ0) is 9.84. The number of hydrogen-bond donors (Lipinski definition) is 1. The summed E-state index contributed by atoms with van der Waals surface area (Å²) in [5.41, 5.74) is 1.75. The van der Waals surface area contributed by atoms with Crippen LogP contribution in [0.25, 0.3) is 0 Å². The van der Waals surface area contributed by atoms with Gasteiger partial charge in [0.05, 0.1) is 0 Å². The van der Waals surface area contributed by atoms with E-state index in [4.69, 9.17) is 0 Å². The van der Waals surface area contributed by atoms with E-state index in [9.17, 15) is 4.79 Å². The van der Waals surface area contributed by atoms with E-state index in [1.807, 2.05) is 25.1 Å². The number of aryl methyl sites for hydroxylation is 1. The summed E-state index contributed by atoms with van der Waals surface area (Å²) >= 11 is 7.51. The Bertz CT molecular complexity index is 302. The number of Topliss-reactive ketones (excluding diaryl/α,β-unsaturated/α-hetero) is 1. The van der Waals surface area contributed by atoms with Crippen LogP contribution in [0.15, 0.2) is 23.1 Å². The minimum Gasteiger partial charge on any atom is -0.294 e. The number of benzene rings is 1. The number of rotatable bonds is 3. The summed E-state index contributed by atoms with van der Waals surface area (Å²) in [5.74, 6) is 0.153. The van der Waals surface area contributed by atoms with Gasteiger partial charge in [-0.3, -0.25) is 4.79 Å². The van der Waals surface area contributed by atoms with Gasteiger partial charge in [-0.2, -0.15) is 0 Å². The van der Waals surface area contributed by atoms with Gasteiger partial charge in [-0.25, -0.2) is 0 Å². The highest BCUT2D eigenvalue weighted by Gasteiger charge is 2.10. The average Bonchev–Trinajstić information content (AvgIpc) is 2.04. The van der Waals surface area contributed by atoms with Crippen molar-refractivity contribution in [3.63, 3.8) is 0 Å². The van der Waals surface area contributed by atoms with Gasteiger partial charge in [0.1, 0.15) is 0 Å². The molecule has 0 aliphatic heterocycles. The molecule has 0 bridgehead atoms. The minimum absolute atomic E-state index is 0.153. The lowest BCUT2D eigenvalue weighted by atomic mass is 10.0.